The molecule has 10 heterocycles. The number of fused-ring (bicyclic) bond motifs is 10. The van der Waals surface area contributed by atoms with E-state index in [2.05, 4.69) is 131 Å². The van der Waals surface area contributed by atoms with E-state index < -0.39 is 6.51 Å². The molecule has 0 radical (unpaired) electrons. The second-order valence-corrected chi connectivity index (χ2v) is 39.2. The van der Waals surface area contributed by atoms with Crippen LogP contribution >= 0.6 is 9.24 Å². The van der Waals surface area contributed by atoms with Crippen molar-refractivity contribution in [2.75, 3.05) is 0 Å². The standard InChI is InChI=1S/C29H22P.C5H5.Fe/c30-29-27(23-17-9-3-10-18-23)25(21-13-5-1-6-14-21)26(22-15-7-2-8-16-22)28(29)24-19-11-4-12-20-24;1-2-4-5-3-1;/h1-20H,30H2;1-5H;. The molecule has 36 heavy (non-hydrogen) atoms. The second kappa shape index (κ2) is 2.32. The fourth-order valence-corrected chi connectivity index (χ4v) is 114. The second-order valence-electron chi connectivity index (χ2n) is 15.5. The van der Waals surface area contributed by atoms with E-state index >= 15 is 0 Å². The van der Waals surface area contributed by atoms with Crippen LogP contribution in [0.1, 0.15) is 22.3 Å². The fraction of sp³-hybridized carbons (Fsp3) is 0.294. The summed E-state index contributed by atoms with van der Waals surface area (Å²) >= 11 is 0. The molecule has 10 fully saturated rings. The normalized spacial score (nSPS) is 70.4. The fourth-order valence-electron chi connectivity index (χ4n) is 23.8. The van der Waals surface area contributed by atoms with Crippen LogP contribution in [0.15, 0.2) is 121 Å². The van der Waals surface area contributed by atoms with E-state index in [0.29, 0.717) is 21.3 Å². The topological polar surface area (TPSA) is 0 Å². The maximum atomic E-state index is 3.83. The van der Waals surface area contributed by atoms with Crippen molar-refractivity contribution in [3.05, 3.63) is 144 Å². The van der Waals surface area contributed by atoms with Gasteiger partial charge in [-0.2, -0.15) is 0 Å². The van der Waals surface area contributed by atoms with Crippen LogP contribution in [0.2, 0.25) is 24.1 Å². The molecule has 14 rings (SSSR count). The summed E-state index contributed by atoms with van der Waals surface area (Å²) in [6.45, 7) is -4.60. The van der Waals surface area contributed by atoms with Crippen LogP contribution in [0.5, 0.6) is 0 Å². The van der Waals surface area contributed by atoms with Crippen molar-refractivity contribution in [1.82, 2.24) is 0 Å². The molecule has 0 aliphatic carbocycles. The Morgan fingerprint density at radius 1 is 0.389 bits per heavy atom. The van der Waals surface area contributed by atoms with Gasteiger partial charge in [0.05, 0.1) is 0 Å². The molecule has 0 amide bonds. The molecule has 176 valence electrons. The van der Waals surface area contributed by atoms with Gasteiger partial charge in [-0.05, 0) is 0 Å². The van der Waals surface area contributed by atoms with Gasteiger partial charge in [0.15, 0.2) is 0 Å². The van der Waals surface area contributed by atoms with Crippen molar-refractivity contribution in [1.29, 1.82) is 0 Å². The van der Waals surface area contributed by atoms with E-state index in [1.54, 1.807) is 22.3 Å². The first-order chi connectivity index (χ1) is 17.5. The molecule has 0 N–H and O–H groups in total. The zero-order valence-corrected chi connectivity index (χ0v) is 22.1. The summed E-state index contributed by atoms with van der Waals surface area (Å²) in [6, 6.07) is 48.6. The summed E-state index contributed by atoms with van der Waals surface area (Å²) in [6.07, 6.45) is 0. The monoisotopic (exact) mass is 522 g/mol. The zero-order chi connectivity index (χ0) is 23.2. The van der Waals surface area contributed by atoms with Gasteiger partial charge in [0, 0.05) is 0 Å². The molecule has 10 aliphatic rings. The van der Waals surface area contributed by atoms with Crippen molar-refractivity contribution in [2.24, 2.45) is 0 Å². The van der Waals surface area contributed by atoms with Crippen LogP contribution in [0, 0.1) is 0 Å². The van der Waals surface area contributed by atoms with E-state index in [0.717, 1.165) is 24.1 Å². The Bertz CT molecular complexity index is 2060. The third-order valence-electron chi connectivity index (χ3n) is 20.2. The molecule has 2 heteroatoms. The summed E-state index contributed by atoms with van der Waals surface area (Å²) in [5.41, 5.74) is 6.97. The van der Waals surface area contributed by atoms with Crippen LogP contribution in [-0.2, 0) is 23.8 Å². The van der Waals surface area contributed by atoms with Gasteiger partial charge in [-0.25, -0.2) is 0 Å². The zero-order valence-electron chi connectivity index (χ0n) is 19.9. The Hall–Kier alpha value is -2.17. The summed E-state index contributed by atoms with van der Waals surface area (Å²) in [7, 11) is 3.83. The van der Waals surface area contributed by atoms with Crippen molar-refractivity contribution >= 4 is 9.24 Å². The SMILES string of the molecule is P[C]12[C]3(c4ccccc4)[C]4(c5ccccc5)[C]5(c6ccccc6)[C]1(c1ccccc1)[Fe]23451678[CH]2[CH]1[CH]6[CH]7[CH]28. The molecule has 4 aromatic carbocycles. The van der Waals surface area contributed by atoms with Gasteiger partial charge in [0.2, 0.25) is 0 Å². The van der Waals surface area contributed by atoms with Crippen molar-refractivity contribution in [3.63, 3.8) is 0 Å². The van der Waals surface area contributed by atoms with Gasteiger partial charge in [-0.15, -0.1) is 0 Å². The molecular weight excluding hydrogens is 495 g/mol. The minimum absolute atomic E-state index is 0.394. The van der Waals surface area contributed by atoms with E-state index in [1.165, 1.54) is 0 Å². The average molecular weight is 522 g/mol. The number of benzene rings is 4. The van der Waals surface area contributed by atoms with Crippen LogP contribution in [-0.4, -0.2) is 4.05 Å². The Kier molecular flexibility index (Phi) is 1.07. The summed E-state index contributed by atoms with van der Waals surface area (Å²) in [5.74, 6) is 0. The molecule has 5 atom stereocenters. The molecule has 10 aliphatic heterocycles. The third kappa shape index (κ3) is 0.288. The van der Waals surface area contributed by atoms with Gasteiger partial charge >= 0.3 is 205 Å². The number of rotatable bonds is 4. The first-order valence-corrected chi connectivity index (χ1v) is 20.3. The number of hydrogen-bond acceptors (Lipinski definition) is 0. The van der Waals surface area contributed by atoms with Crippen LogP contribution in [0.3, 0.4) is 0 Å². The van der Waals surface area contributed by atoms with Crippen LogP contribution in [0.4, 0.5) is 0 Å². The van der Waals surface area contributed by atoms with Gasteiger partial charge in [0.25, 0.3) is 0 Å². The van der Waals surface area contributed by atoms with E-state index in [-0.39, 0.29) is 0 Å². The van der Waals surface area contributed by atoms with Crippen LogP contribution < -0.4 is 0 Å². The first kappa shape index (κ1) is 16.6. The molecule has 0 saturated carbocycles. The van der Waals surface area contributed by atoms with Gasteiger partial charge in [-0.3, -0.25) is 0 Å². The number of hydrogen-bond donors (Lipinski definition) is 0. The summed E-state index contributed by atoms with van der Waals surface area (Å²) in [5, 5.41) is 0. The van der Waals surface area contributed by atoms with Crippen molar-refractivity contribution < 1.29 is 6.51 Å². The maximum absolute atomic E-state index is 4.60. The summed E-state index contributed by atoms with van der Waals surface area (Å²) in [4.78, 5) is 5.38. The Morgan fingerprint density at radius 3 is 0.889 bits per heavy atom. The predicted octanol–water partition coefficient (Wildman–Crippen LogP) is 7.59. The third-order valence-corrected chi connectivity index (χ3v) is 69.8. The molecular formula is C34H27FeP. The average Bonchev–Trinajstić information content (AvgIpc) is 3.90. The Balaban J connectivity index is 1.35. The van der Waals surface area contributed by atoms with Gasteiger partial charge in [0.1, 0.15) is 0 Å². The van der Waals surface area contributed by atoms with E-state index in [9.17, 15) is 0 Å². The van der Waals surface area contributed by atoms with Crippen molar-refractivity contribution in [2.45, 2.75) is 45.4 Å². The molecule has 4 aromatic rings. The Labute approximate surface area is 204 Å². The van der Waals surface area contributed by atoms with E-state index in [1.807, 2.05) is 0 Å². The summed E-state index contributed by atoms with van der Waals surface area (Å²) < 4.78 is 2.07. The van der Waals surface area contributed by atoms with Crippen LogP contribution in [0.25, 0.3) is 0 Å². The molecule has 10 saturated heterocycles. The van der Waals surface area contributed by atoms with Gasteiger partial charge in [-0.1, -0.05) is 0 Å². The molecule has 0 bridgehead atoms. The molecule has 1 spiro atoms. The molecule has 5 unspecified atom stereocenters. The minimum atomic E-state index is -4.60. The first-order valence-electron chi connectivity index (χ1n) is 13.8. The molecule has 0 nitrogen and oxygen atoms in total. The predicted molar refractivity (Wildman–Crippen MR) is 144 cm³/mol. The molecule has 0 aromatic heterocycles. The van der Waals surface area contributed by atoms with E-state index in [4.69, 9.17) is 0 Å². The van der Waals surface area contributed by atoms with Gasteiger partial charge < -0.3 is 0 Å². The quantitative estimate of drug-likeness (QED) is 0.191. The Morgan fingerprint density at radius 2 is 0.639 bits per heavy atom. The van der Waals surface area contributed by atoms with Crippen molar-refractivity contribution in [3.8, 4) is 0 Å².